The van der Waals surface area contributed by atoms with E-state index in [9.17, 15) is 0 Å². The number of thiol groups is 1. The first-order valence-electron chi connectivity index (χ1n) is 5.15. The second-order valence-electron chi connectivity index (χ2n) is 4.11. The fourth-order valence-corrected chi connectivity index (χ4v) is 2.16. The van der Waals surface area contributed by atoms with Gasteiger partial charge in [-0.1, -0.05) is 35.0 Å². The van der Waals surface area contributed by atoms with Gasteiger partial charge in [0.2, 0.25) is 0 Å². The summed E-state index contributed by atoms with van der Waals surface area (Å²) in [5, 5.41) is 0. The van der Waals surface area contributed by atoms with Crippen LogP contribution in [-0.2, 0) is 6.54 Å². The van der Waals surface area contributed by atoms with E-state index < -0.39 is 0 Å². The van der Waals surface area contributed by atoms with E-state index in [4.69, 9.17) is 0 Å². The molecule has 0 aliphatic rings. The Labute approximate surface area is 106 Å². The van der Waals surface area contributed by atoms with Crippen molar-refractivity contribution in [2.45, 2.75) is 13.5 Å². The minimum atomic E-state index is 0.644. The Morgan fingerprint density at radius 1 is 1.47 bits per heavy atom. The molecule has 0 heterocycles. The lowest BCUT2D eigenvalue weighted by atomic mass is 10.2. The van der Waals surface area contributed by atoms with E-state index in [0.29, 0.717) is 5.92 Å². The van der Waals surface area contributed by atoms with E-state index in [1.54, 1.807) is 0 Å². The Bertz CT molecular complexity index is 303. The van der Waals surface area contributed by atoms with E-state index >= 15 is 0 Å². The van der Waals surface area contributed by atoms with Gasteiger partial charge in [0, 0.05) is 17.6 Å². The van der Waals surface area contributed by atoms with Crippen molar-refractivity contribution < 1.29 is 0 Å². The molecule has 0 spiro atoms. The second kappa shape index (κ2) is 6.56. The summed E-state index contributed by atoms with van der Waals surface area (Å²) < 4.78 is 1.15. The van der Waals surface area contributed by atoms with E-state index in [0.717, 1.165) is 23.3 Å². The molecule has 0 aliphatic carbocycles. The van der Waals surface area contributed by atoms with Crippen LogP contribution in [0.2, 0.25) is 0 Å². The summed E-state index contributed by atoms with van der Waals surface area (Å²) in [5.74, 6) is 1.59. The van der Waals surface area contributed by atoms with Gasteiger partial charge >= 0.3 is 0 Å². The summed E-state index contributed by atoms with van der Waals surface area (Å²) in [7, 11) is 2.15. The molecule has 0 fully saturated rings. The second-order valence-corrected chi connectivity index (χ2v) is 5.40. The van der Waals surface area contributed by atoms with E-state index in [1.165, 1.54) is 5.56 Å². The lowest BCUT2D eigenvalue weighted by molar-refractivity contribution is 0.290. The van der Waals surface area contributed by atoms with Crippen LogP contribution in [-0.4, -0.2) is 24.2 Å². The summed E-state index contributed by atoms with van der Waals surface area (Å²) in [6.07, 6.45) is 0. The molecule has 15 heavy (non-hydrogen) atoms. The summed E-state index contributed by atoms with van der Waals surface area (Å²) in [5.41, 5.74) is 1.35. The van der Waals surface area contributed by atoms with Crippen LogP contribution >= 0.6 is 28.6 Å². The first-order chi connectivity index (χ1) is 7.11. The number of hydrogen-bond donors (Lipinski definition) is 1. The van der Waals surface area contributed by atoms with Crippen molar-refractivity contribution in [3.8, 4) is 0 Å². The highest BCUT2D eigenvalue weighted by Crippen LogP contribution is 2.13. The molecule has 1 nitrogen and oxygen atoms in total. The quantitative estimate of drug-likeness (QED) is 0.812. The Hall–Kier alpha value is 0.01000. The lowest BCUT2D eigenvalue weighted by Crippen LogP contribution is -2.24. The number of halogens is 1. The molecule has 1 aromatic carbocycles. The van der Waals surface area contributed by atoms with Gasteiger partial charge in [0.05, 0.1) is 0 Å². The number of nitrogens with zero attached hydrogens (tertiary/aromatic N) is 1. The van der Waals surface area contributed by atoms with Crippen LogP contribution in [0.15, 0.2) is 28.7 Å². The van der Waals surface area contributed by atoms with Crippen LogP contribution in [0.25, 0.3) is 0 Å². The van der Waals surface area contributed by atoms with Crippen molar-refractivity contribution >= 4 is 28.6 Å². The third-order valence-electron chi connectivity index (χ3n) is 2.28. The molecule has 0 bridgehead atoms. The number of rotatable bonds is 5. The molecule has 0 amide bonds. The molecule has 84 valence electrons. The number of benzene rings is 1. The molecule has 0 saturated carbocycles. The number of hydrogen-bond acceptors (Lipinski definition) is 2. The van der Waals surface area contributed by atoms with Gasteiger partial charge in [-0.2, -0.15) is 12.6 Å². The van der Waals surface area contributed by atoms with Gasteiger partial charge in [-0.3, -0.25) is 0 Å². The van der Waals surface area contributed by atoms with Crippen LogP contribution in [0.3, 0.4) is 0 Å². The zero-order valence-electron chi connectivity index (χ0n) is 9.28. The Morgan fingerprint density at radius 3 is 2.80 bits per heavy atom. The Balaban J connectivity index is 2.47. The highest BCUT2D eigenvalue weighted by Gasteiger charge is 2.05. The largest absolute Gasteiger partial charge is 0.302 e. The van der Waals surface area contributed by atoms with Gasteiger partial charge in [0.15, 0.2) is 0 Å². The molecule has 0 radical (unpaired) electrons. The van der Waals surface area contributed by atoms with Crippen molar-refractivity contribution in [1.82, 2.24) is 4.90 Å². The molecule has 0 saturated heterocycles. The van der Waals surface area contributed by atoms with Gasteiger partial charge in [-0.05, 0) is 36.4 Å². The normalized spacial score (nSPS) is 13.1. The molecular formula is C12H18BrNS. The SMILES string of the molecule is CC(CS)CN(C)Cc1cccc(Br)c1. The highest BCUT2D eigenvalue weighted by atomic mass is 79.9. The van der Waals surface area contributed by atoms with Crippen molar-refractivity contribution in [2.24, 2.45) is 5.92 Å². The maximum atomic E-state index is 4.30. The predicted octanol–water partition coefficient (Wildman–Crippen LogP) is 3.45. The maximum absolute atomic E-state index is 4.30. The first kappa shape index (κ1) is 13.1. The predicted molar refractivity (Wildman–Crippen MR) is 73.5 cm³/mol. The van der Waals surface area contributed by atoms with Gasteiger partial charge in [0.1, 0.15) is 0 Å². The highest BCUT2D eigenvalue weighted by molar-refractivity contribution is 9.10. The molecule has 0 aromatic heterocycles. The van der Waals surface area contributed by atoms with Crippen molar-refractivity contribution in [1.29, 1.82) is 0 Å². The summed E-state index contributed by atoms with van der Waals surface area (Å²) in [6, 6.07) is 8.46. The minimum Gasteiger partial charge on any atom is -0.302 e. The average Bonchev–Trinajstić information content (AvgIpc) is 2.17. The van der Waals surface area contributed by atoms with Gasteiger partial charge in [-0.25, -0.2) is 0 Å². The van der Waals surface area contributed by atoms with Crippen LogP contribution in [0.5, 0.6) is 0 Å². The third-order valence-corrected chi connectivity index (χ3v) is 3.39. The third kappa shape index (κ3) is 5.05. The van der Waals surface area contributed by atoms with Crippen LogP contribution in [0.1, 0.15) is 12.5 Å². The molecule has 1 rings (SSSR count). The standard InChI is InChI=1S/C12H18BrNS/c1-10(9-15)7-14(2)8-11-4-3-5-12(13)6-11/h3-6,10,15H,7-9H2,1-2H3. The molecule has 1 aromatic rings. The van der Waals surface area contributed by atoms with Gasteiger partial charge in [-0.15, -0.1) is 0 Å². The van der Waals surface area contributed by atoms with E-state index in [1.807, 2.05) is 0 Å². The van der Waals surface area contributed by atoms with Crippen LogP contribution in [0, 0.1) is 5.92 Å². The van der Waals surface area contributed by atoms with E-state index in [2.05, 4.69) is 71.7 Å². The summed E-state index contributed by atoms with van der Waals surface area (Å²) >= 11 is 7.78. The first-order valence-corrected chi connectivity index (χ1v) is 6.58. The Morgan fingerprint density at radius 2 is 2.20 bits per heavy atom. The maximum Gasteiger partial charge on any atom is 0.0231 e. The van der Waals surface area contributed by atoms with Gasteiger partial charge < -0.3 is 4.90 Å². The van der Waals surface area contributed by atoms with Crippen LogP contribution in [0.4, 0.5) is 0 Å². The molecule has 0 N–H and O–H groups in total. The fourth-order valence-electron chi connectivity index (χ4n) is 1.60. The van der Waals surface area contributed by atoms with E-state index in [-0.39, 0.29) is 0 Å². The summed E-state index contributed by atoms with van der Waals surface area (Å²) in [4.78, 5) is 2.34. The average molecular weight is 288 g/mol. The fraction of sp³-hybridized carbons (Fsp3) is 0.500. The summed E-state index contributed by atoms with van der Waals surface area (Å²) in [6.45, 7) is 4.32. The van der Waals surface area contributed by atoms with Crippen molar-refractivity contribution in [3.63, 3.8) is 0 Å². The molecule has 1 unspecified atom stereocenters. The molecular weight excluding hydrogens is 270 g/mol. The van der Waals surface area contributed by atoms with Crippen molar-refractivity contribution in [3.05, 3.63) is 34.3 Å². The smallest absolute Gasteiger partial charge is 0.0231 e. The minimum absolute atomic E-state index is 0.644. The zero-order chi connectivity index (χ0) is 11.3. The van der Waals surface area contributed by atoms with Gasteiger partial charge in [0.25, 0.3) is 0 Å². The Kier molecular flexibility index (Phi) is 5.72. The zero-order valence-corrected chi connectivity index (χ0v) is 11.8. The molecule has 3 heteroatoms. The van der Waals surface area contributed by atoms with Crippen molar-refractivity contribution in [2.75, 3.05) is 19.3 Å². The topological polar surface area (TPSA) is 3.24 Å². The monoisotopic (exact) mass is 287 g/mol. The molecule has 1 atom stereocenters. The lowest BCUT2D eigenvalue weighted by Gasteiger charge is -2.20. The van der Waals surface area contributed by atoms with Crippen LogP contribution < -0.4 is 0 Å². The molecule has 0 aliphatic heterocycles.